The van der Waals surface area contributed by atoms with E-state index in [0.717, 1.165) is 18.7 Å². The van der Waals surface area contributed by atoms with E-state index in [9.17, 15) is 9.90 Å². The van der Waals surface area contributed by atoms with Gasteiger partial charge in [-0.15, -0.1) is 0 Å². The quantitative estimate of drug-likeness (QED) is 0.774. The number of carboxylic acid groups (broad SMARTS) is 1. The number of carboxylic acids is 1. The second-order valence-corrected chi connectivity index (χ2v) is 5.32. The van der Waals surface area contributed by atoms with Gasteiger partial charge in [0.05, 0.1) is 5.97 Å². The van der Waals surface area contributed by atoms with Crippen LogP contribution in [-0.2, 0) is 13.1 Å². The summed E-state index contributed by atoms with van der Waals surface area (Å²) in [5.74, 6) is -1.13. The second-order valence-electron chi connectivity index (χ2n) is 5.32. The largest absolute Gasteiger partial charge is 0.545 e. The summed E-state index contributed by atoms with van der Waals surface area (Å²) in [6.07, 6.45) is 0. The molecule has 3 aromatic carbocycles. The molecule has 2 N–H and O–H groups in total. The van der Waals surface area contributed by atoms with Crippen LogP contribution in [0.1, 0.15) is 21.5 Å². The van der Waals surface area contributed by atoms with Gasteiger partial charge >= 0.3 is 0 Å². The number of rotatable bonds is 5. The van der Waals surface area contributed by atoms with Gasteiger partial charge in [-0.2, -0.15) is 0 Å². The number of hydrogen-bond acceptors (Lipinski definition) is 2. The molecule has 0 saturated heterocycles. The van der Waals surface area contributed by atoms with Crippen LogP contribution in [0, 0.1) is 0 Å². The number of nitrogens with two attached hydrogens (primary N) is 1. The Bertz CT molecular complexity index is 789. The minimum Gasteiger partial charge on any atom is -0.545 e. The average molecular weight is 291 g/mol. The number of carbonyl (C=O) groups excluding carboxylic acids is 1. The number of quaternary nitrogens is 1. The van der Waals surface area contributed by atoms with E-state index in [1.165, 1.54) is 16.3 Å². The molecule has 0 bridgehead atoms. The zero-order valence-electron chi connectivity index (χ0n) is 12.2. The zero-order chi connectivity index (χ0) is 15.4. The van der Waals surface area contributed by atoms with E-state index in [-0.39, 0.29) is 5.56 Å². The van der Waals surface area contributed by atoms with Crippen molar-refractivity contribution in [2.45, 2.75) is 13.1 Å². The highest BCUT2D eigenvalue weighted by molar-refractivity contribution is 5.86. The molecular weight excluding hydrogens is 274 g/mol. The predicted octanol–water partition coefficient (Wildman–Crippen LogP) is 1.47. The summed E-state index contributed by atoms with van der Waals surface area (Å²) in [6, 6.07) is 21.6. The SMILES string of the molecule is O=C([O-])c1ccc(C[NH2+]Cc2cccc3ccccc23)cc1. The van der Waals surface area contributed by atoms with Crippen molar-refractivity contribution in [3.8, 4) is 0 Å². The van der Waals surface area contributed by atoms with Crippen molar-refractivity contribution in [3.63, 3.8) is 0 Å². The molecule has 3 nitrogen and oxygen atoms in total. The molecule has 0 aliphatic heterocycles. The summed E-state index contributed by atoms with van der Waals surface area (Å²) in [5.41, 5.74) is 2.63. The average Bonchev–Trinajstić information content (AvgIpc) is 2.55. The van der Waals surface area contributed by atoms with Crippen LogP contribution >= 0.6 is 0 Å². The van der Waals surface area contributed by atoms with E-state index in [2.05, 4.69) is 47.8 Å². The molecule has 3 rings (SSSR count). The maximum Gasteiger partial charge on any atom is 0.102 e. The van der Waals surface area contributed by atoms with Crippen LogP contribution in [0.3, 0.4) is 0 Å². The first-order valence-corrected chi connectivity index (χ1v) is 7.32. The lowest BCUT2D eigenvalue weighted by Gasteiger charge is -2.07. The van der Waals surface area contributed by atoms with Crippen molar-refractivity contribution >= 4 is 16.7 Å². The third-order valence-corrected chi connectivity index (χ3v) is 3.81. The molecule has 110 valence electrons. The first-order chi connectivity index (χ1) is 10.7. The predicted molar refractivity (Wildman–Crippen MR) is 84.1 cm³/mol. The molecule has 3 aromatic rings. The lowest BCUT2D eigenvalue weighted by Crippen LogP contribution is -2.80. The molecule has 0 heterocycles. The van der Waals surface area contributed by atoms with E-state index in [1.807, 2.05) is 12.1 Å². The number of aromatic carboxylic acids is 1. The maximum atomic E-state index is 10.7. The molecular formula is C19H17NO2. The molecule has 0 saturated carbocycles. The smallest absolute Gasteiger partial charge is 0.102 e. The lowest BCUT2D eigenvalue weighted by molar-refractivity contribution is -0.686. The summed E-state index contributed by atoms with van der Waals surface area (Å²) in [7, 11) is 0. The molecule has 0 unspecified atom stereocenters. The van der Waals surface area contributed by atoms with Gasteiger partial charge in [0.25, 0.3) is 0 Å². The highest BCUT2D eigenvalue weighted by atomic mass is 16.4. The van der Waals surface area contributed by atoms with E-state index in [1.54, 1.807) is 12.1 Å². The Balaban J connectivity index is 1.66. The first-order valence-electron chi connectivity index (χ1n) is 7.32. The van der Waals surface area contributed by atoms with E-state index >= 15 is 0 Å². The van der Waals surface area contributed by atoms with Crippen LogP contribution in [0.25, 0.3) is 10.8 Å². The van der Waals surface area contributed by atoms with Crippen molar-refractivity contribution in [1.29, 1.82) is 0 Å². The standard InChI is InChI=1S/C19H17NO2/c21-19(22)16-10-8-14(9-11-16)12-20-13-17-6-3-5-15-4-1-2-7-18(15)17/h1-11,20H,12-13H2,(H,21,22). The minimum absolute atomic E-state index is 0.220. The molecule has 0 spiro atoms. The Morgan fingerprint density at radius 3 is 2.36 bits per heavy atom. The van der Waals surface area contributed by atoms with Gasteiger partial charge in [0.15, 0.2) is 0 Å². The molecule has 0 radical (unpaired) electrons. The summed E-state index contributed by atoms with van der Waals surface area (Å²) < 4.78 is 0. The van der Waals surface area contributed by atoms with E-state index < -0.39 is 5.97 Å². The molecule has 0 atom stereocenters. The fourth-order valence-corrected chi connectivity index (χ4v) is 2.64. The third-order valence-electron chi connectivity index (χ3n) is 3.81. The van der Waals surface area contributed by atoms with Crippen LogP contribution < -0.4 is 10.4 Å². The van der Waals surface area contributed by atoms with Gasteiger partial charge in [0.1, 0.15) is 13.1 Å². The molecule has 0 fully saturated rings. The van der Waals surface area contributed by atoms with Crippen molar-refractivity contribution < 1.29 is 15.2 Å². The normalized spacial score (nSPS) is 10.7. The van der Waals surface area contributed by atoms with Gasteiger partial charge in [-0.05, 0) is 16.3 Å². The minimum atomic E-state index is -1.13. The van der Waals surface area contributed by atoms with Crippen LogP contribution in [0.4, 0.5) is 0 Å². The van der Waals surface area contributed by atoms with Gasteiger partial charge in [0, 0.05) is 11.1 Å². The second kappa shape index (κ2) is 6.41. The molecule has 0 aliphatic carbocycles. The Hall–Kier alpha value is -2.65. The van der Waals surface area contributed by atoms with Crippen molar-refractivity contribution in [3.05, 3.63) is 83.4 Å². The molecule has 3 heteroatoms. The van der Waals surface area contributed by atoms with Crippen molar-refractivity contribution in [1.82, 2.24) is 0 Å². The van der Waals surface area contributed by atoms with Gasteiger partial charge in [-0.25, -0.2) is 0 Å². The van der Waals surface area contributed by atoms with Gasteiger partial charge in [-0.1, -0.05) is 66.7 Å². The van der Waals surface area contributed by atoms with E-state index in [4.69, 9.17) is 0 Å². The topological polar surface area (TPSA) is 56.7 Å². The number of carbonyl (C=O) groups is 1. The summed E-state index contributed by atoms with van der Waals surface area (Å²) >= 11 is 0. The molecule has 0 amide bonds. The summed E-state index contributed by atoms with van der Waals surface area (Å²) in [6.45, 7) is 1.71. The fraction of sp³-hybridized carbons (Fsp3) is 0.105. The third kappa shape index (κ3) is 3.15. The molecule has 0 aromatic heterocycles. The van der Waals surface area contributed by atoms with Crippen molar-refractivity contribution in [2.24, 2.45) is 0 Å². The zero-order valence-corrected chi connectivity index (χ0v) is 12.2. The fourth-order valence-electron chi connectivity index (χ4n) is 2.64. The Morgan fingerprint density at radius 2 is 1.59 bits per heavy atom. The number of hydrogen-bond donors (Lipinski definition) is 1. The van der Waals surface area contributed by atoms with E-state index in [0.29, 0.717) is 0 Å². The van der Waals surface area contributed by atoms with Gasteiger partial charge < -0.3 is 15.2 Å². The number of fused-ring (bicyclic) bond motifs is 1. The van der Waals surface area contributed by atoms with Crippen LogP contribution in [-0.4, -0.2) is 5.97 Å². The highest BCUT2D eigenvalue weighted by Gasteiger charge is 2.03. The lowest BCUT2D eigenvalue weighted by atomic mass is 10.0. The first kappa shape index (κ1) is 14.3. The maximum absolute atomic E-state index is 10.7. The van der Waals surface area contributed by atoms with Crippen LogP contribution in [0.2, 0.25) is 0 Å². The monoisotopic (exact) mass is 291 g/mol. The van der Waals surface area contributed by atoms with Gasteiger partial charge in [-0.3, -0.25) is 0 Å². The summed E-state index contributed by atoms with van der Waals surface area (Å²) in [4.78, 5) is 10.7. The van der Waals surface area contributed by atoms with Crippen LogP contribution in [0.15, 0.2) is 66.7 Å². The Morgan fingerprint density at radius 1 is 0.864 bits per heavy atom. The van der Waals surface area contributed by atoms with Crippen molar-refractivity contribution in [2.75, 3.05) is 0 Å². The molecule has 22 heavy (non-hydrogen) atoms. The van der Waals surface area contributed by atoms with Gasteiger partial charge in [0.2, 0.25) is 0 Å². The number of benzene rings is 3. The van der Waals surface area contributed by atoms with Crippen LogP contribution in [0.5, 0.6) is 0 Å². The Kier molecular flexibility index (Phi) is 4.17. The Labute approximate surface area is 129 Å². The molecule has 0 aliphatic rings. The summed E-state index contributed by atoms with van der Waals surface area (Å²) in [5, 5.41) is 15.5. The highest BCUT2D eigenvalue weighted by Crippen LogP contribution is 2.17.